The molecule has 0 saturated carbocycles. The number of alkyl halides is 3. The molecule has 1 fully saturated rings. The Balaban J connectivity index is 1.49. The molecule has 1 aromatic heterocycles. The van der Waals surface area contributed by atoms with E-state index in [2.05, 4.69) is 9.97 Å². The van der Waals surface area contributed by atoms with Crippen LogP contribution in [0.5, 0.6) is 5.75 Å². The van der Waals surface area contributed by atoms with Crippen LogP contribution in [0.25, 0.3) is 0 Å². The highest BCUT2D eigenvalue weighted by Gasteiger charge is 2.41. The number of hydrogen-bond acceptors (Lipinski definition) is 6. The quantitative estimate of drug-likeness (QED) is 0.157. The molecular weight excluding hydrogens is 641 g/mol. The Morgan fingerprint density at radius 1 is 0.938 bits per heavy atom. The first-order chi connectivity index (χ1) is 23.0. The van der Waals surface area contributed by atoms with Gasteiger partial charge in [-0.05, 0) is 74.4 Å². The molecule has 254 valence electrons. The number of carbonyl (C=O) groups excluding carboxylic acids is 1. The van der Waals surface area contributed by atoms with E-state index in [1.807, 2.05) is 91.2 Å². The minimum atomic E-state index is -4.56. The number of likely N-dealkylation sites (tertiary alicyclic amines) is 1. The van der Waals surface area contributed by atoms with Crippen molar-refractivity contribution in [3.63, 3.8) is 0 Å². The van der Waals surface area contributed by atoms with Crippen LogP contribution < -0.4 is 9.64 Å². The molecule has 0 aliphatic carbocycles. The summed E-state index contributed by atoms with van der Waals surface area (Å²) in [6, 6.07) is 22.5. The number of hydrogen-bond donors (Lipinski definition) is 0. The summed E-state index contributed by atoms with van der Waals surface area (Å²) in [4.78, 5) is 26.6. The molecule has 7 nitrogen and oxygen atoms in total. The summed E-state index contributed by atoms with van der Waals surface area (Å²) in [5.74, 6) is 0.802. The molecule has 11 heteroatoms. The molecule has 1 saturated heterocycles. The van der Waals surface area contributed by atoms with E-state index < -0.39 is 11.7 Å². The summed E-state index contributed by atoms with van der Waals surface area (Å²) in [5, 5.41) is -0.00927. The molecule has 1 unspecified atom stereocenters. The van der Waals surface area contributed by atoms with E-state index in [0.29, 0.717) is 49.6 Å². The van der Waals surface area contributed by atoms with E-state index in [1.54, 1.807) is 12.4 Å². The van der Waals surface area contributed by atoms with Crippen molar-refractivity contribution in [2.45, 2.75) is 90.0 Å². The van der Waals surface area contributed by atoms with Gasteiger partial charge in [-0.1, -0.05) is 79.2 Å². The summed E-state index contributed by atoms with van der Waals surface area (Å²) in [7, 11) is 0. The lowest BCUT2D eigenvalue weighted by Crippen LogP contribution is -2.58. The maximum Gasteiger partial charge on any atom is 0.416 e. The highest BCUT2D eigenvalue weighted by atomic mass is 35.5. The van der Waals surface area contributed by atoms with Crippen LogP contribution >= 0.6 is 11.6 Å². The third-order valence-corrected chi connectivity index (χ3v) is 8.62. The van der Waals surface area contributed by atoms with Crippen LogP contribution in [-0.2, 0) is 30.5 Å². The summed E-state index contributed by atoms with van der Waals surface area (Å²) in [6.07, 6.45) is 0.221. The number of aromatic nitrogens is 2. The normalized spacial score (nSPS) is 18.1. The lowest BCUT2D eigenvalue weighted by atomic mass is 9.86. The number of nitrogens with zero attached hydrogens (tertiary/aromatic N) is 4. The first kappa shape index (κ1) is 35.0. The third-order valence-electron chi connectivity index (χ3n) is 8.41. The van der Waals surface area contributed by atoms with Crippen LogP contribution in [0.4, 0.5) is 23.9 Å². The second-order valence-electron chi connectivity index (χ2n) is 12.3. The maximum atomic E-state index is 13.8. The molecule has 5 rings (SSSR count). The Morgan fingerprint density at radius 2 is 1.56 bits per heavy atom. The fourth-order valence-corrected chi connectivity index (χ4v) is 6.49. The zero-order valence-corrected chi connectivity index (χ0v) is 28.0. The van der Waals surface area contributed by atoms with E-state index in [0.717, 1.165) is 23.3 Å². The number of piperidine rings is 1. The minimum absolute atomic E-state index is 0.00927. The van der Waals surface area contributed by atoms with Crippen LogP contribution in [0, 0.1) is 0 Å². The standard InChI is InChI=1S/C37H40ClF3N4O3/c1-4-31-19-32(20-33(17-26-11-7-5-8-12-26)45(31)36(46)48-25(2)3)44(23-28-15-29(37(39,40)41)18-30(38)16-28)35-42-21-34(22-43-35)47-24-27-13-9-6-10-14-27/h5-16,18,21-22,25,31-33H,4,17,19-20,23-24H2,1-3H3/t31?,32-,33-/m0/s1. The van der Waals surface area contributed by atoms with Gasteiger partial charge in [-0.15, -0.1) is 0 Å². The predicted molar refractivity (Wildman–Crippen MR) is 180 cm³/mol. The largest absolute Gasteiger partial charge is 0.486 e. The summed E-state index contributed by atoms with van der Waals surface area (Å²) in [5.41, 5.74) is 1.60. The van der Waals surface area contributed by atoms with Gasteiger partial charge < -0.3 is 19.3 Å². The molecular formula is C37H40ClF3N4O3. The monoisotopic (exact) mass is 680 g/mol. The van der Waals surface area contributed by atoms with Gasteiger partial charge in [-0.25, -0.2) is 14.8 Å². The fourth-order valence-electron chi connectivity index (χ4n) is 6.23. The average molecular weight is 681 g/mol. The molecule has 0 radical (unpaired) electrons. The van der Waals surface area contributed by atoms with Crippen molar-refractivity contribution >= 4 is 23.6 Å². The third kappa shape index (κ3) is 9.18. The van der Waals surface area contributed by atoms with E-state index in [1.165, 1.54) is 6.07 Å². The summed E-state index contributed by atoms with van der Waals surface area (Å²) >= 11 is 6.21. The molecule has 0 spiro atoms. The van der Waals surface area contributed by atoms with Crippen molar-refractivity contribution in [1.82, 2.24) is 14.9 Å². The van der Waals surface area contributed by atoms with Gasteiger partial charge in [0.25, 0.3) is 0 Å². The minimum Gasteiger partial charge on any atom is -0.486 e. The maximum absolute atomic E-state index is 13.8. The van der Waals surface area contributed by atoms with Gasteiger partial charge in [0.1, 0.15) is 6.61 Å². The summed E-state index contributed by atoms with van der Waals surface area (Å²) < 4.78 is 53.0. The molecule has 4 aromatic rings. The number of halogens is 4. The zero-order chi connectivity index (χ0) is 34.3. The van der Waals surface area contributed by atoms with E-state index >= 15 is 0 Å². The number of rotatable bonds is 11. The van der Waals surface area contributed by atoms with Gasteiger partial charge in [0.05, 0.1) is 24.1 Å². The Morgan fingerprint density at radius 3 is 2.17 bits per heavy atom. The van der Waals surface area contributed by atoms with E-state index in [-0.39, 0.29) is 41.9 Å². The van der Waals surface area contributed by atoms with Crippen LogP contribution in [0.3, 0.4) is 0 Å². The van der Waals surface area contributed by atoms with Crippen molar-refractivity contribution in [3.05, 3.63) is 119 Å². The Bertz CT molecular complexity index is 1620. The Hall–Kier alpha value is -4.31. The van der Waals surface area contributed by atoms with Gasteiger partial charge in [0.2, 0.25) is 5.95 Å². The number of ether oxygens (including phenoxy) is 2. The number of amides is 1. The van der Waals surface area contributed by atoms with Gasteiger partial charge >= 0.3 is 12.3 Å². The number of carbonyl (C=O) groups is 1. The van der Waals surface area contributed by atoms with Crippen LogP contribution in [0.15, 0.2) is 91.3 Å². The fraction of sp³-hybridized carbons (Fsp3) is 0.378. The van der Waals surface area contributed by atoms with Gasteiger partial charge in [-0.2, -0.15) is 13.2 Å². The molecule has 48 heavy (non-hydrogen) atoms. The highest BCUT2D eigenvalue weighted by molar-refractivity contribution is 6.30. The molecule has 3 aromatic carbocycles. The Labute approximate surface area is 284 Å². The second kappa shape index (κ2) is 15.7. The zero-order valence-electron chi connectivity index (χ0n) is 27.2. The molecule has 1 aliphatic heterocycles. The lowest BCUT2D eigenvalue weighted by molar-refractivity contribution is -0.137. The molecule has 3 atom stereocenters. The van der Waals surface area contributed by atoms with E-state index in [9.17, 15) is 18.0 Å². The molecule has 1 aliphatic rings. The number of benzene rings is 3. The second-order valence-corrected chi connectivity index (χ2v) is 12.8. The number of anilines is 1. The highest BCUT2D eigenvalue weighted by Crippen LogP contribution is 2.36. The van der Waals surface area contributed by atoms with Crippen LogP contribution in [-0.4, -0.2) is 45.2 Å². The van der Waals surface area contributed by atoms with Gasteiger partial charge in [0.15, 0.2) is 5.75 Å². The van der Waals surface area contributed by atoms with Crippen molar-refractivity contribution in [2.24, 2.45) is 0 Å². The molecule has 2 heterocycles. The van der Waals surface area contributed by atoms with Gasteiger partial charge in [0, 0.05) is 29.7 Å². The molecule has 1 amide bonds. The van der Waals surface area contributed by atoms with Crippen molar-refractivity contribution in [1.29, 1.82) is 0 Å². The topological polar surface area (TPSA) is 67.8 Å². The molecule has 0 bridgehead atoms. The van der Waals surface area contributed by atoms with Crippen molar-refractivity contribution in [2.75, 3.05) is 4.90 Å². The van der Waals surface area contributed by atoms with Crippen molar-refractivity contribution in [3.8, 4) is 5.75 Å². The molecule has 0 N–H and O–H groups in total. The smallest absolute Gasteiger partial charge is 0.416 e. The van der Waals surface area contributed by atoms with Crippen molar-refractivity contribution < 1.29 is 27.4 Å². The predicted octanol–water partition coefficient (Wildman–Crippen LogP) is 9.13. The van der Waals surface area contributed by atoms with Gasteiger partial charge in [-0.3, -0.25) is 0 Å². The first-order valence-electron chi connectivity index (χ1n) is 16.1. The van der Waals surface area contributed by atoms with Crippen LogP contribution in [0.1, 0.15) is 62.3 Å². The first-order valence-corrected chi connectivity index (χ1v) is 16.5. The van der Waals surface area contributed by atoms with E-state index in [4.69, 9.17) is 21.1 Å². The van der Waals surface area contributed by atoms with Crippen LogP contribution in [0.2, 0.25) is 5.02 Å². The SMILES string of the molecule is CCC1C[C@H](N(Cc2cc(Cl)cc(C(F)(F)F)c2)c2ncc(OCc3ccccc3)cn2)C[C@H](Cc2ccccc2)N1C(=O)OC(C)C. The lowest BCUT2D eigenvalue weighted by Gasteiger charge is -2.47. The average Bonchev–Trinajstić information content (AvgIpc) is 3.06. The summed E-state index contributed by atoms with van der Waals surface area (Å²) in [6.45, 7) is 6.08. The Kier molecular flexibility index (Phi) is 11.5.